The first-order valence-corrected chi connectivity index (χ1v) is 10.5. The minimum absolute atomic E-state index is 0.336. The molecule has 0 radical (unpaired) electrons. The smallest absolute Gasteiger partial charge is 0.0543 e. The van der Waals surface area contributed by atoms with Crippen LogP contribution in [0.2, 0.25) is 0 Å². The molecule has 1 heteroatoms. The van der Waals surface area contributed by atoms with Gasteiger partial charge in [-0.2, -0.15) is 0 Å². The van der Waals surface area contributed by atoms with Crippen LogP contribution >= 0.6 is 0 Å². The summed E-state index contributed by atoms with van der Waals surface area (Å²) >= 11 is 0. The van der Waals surface area contributed by atoms with E-state index in [0.717, 1.165) is 18.8 Å². The average Bonchev–Trinajstić information content (AvgIpc) is 2.74. The first-order chi connectivity index (χ1) is 13.2. The first kappa shape index (κ1) is 19.9. The van der Waals surface area contributed by atoms with Crippen molar-refractivity contribution in [3.05, 3.63) is 72.3 Å². The third kappa shape index (κ3) is 5.32. The second-order valence-corrected chi connectivity index (χ2v) is 8.07. The number of hydrogen-bond donors (Lipinski definition) is 0. The van der Waals surface area contributed by atoms with Crippen molar-refractivity contribution in [2.24, 2.45) is 5.92 Å². The van der Waals surface area contributed by atoms with Crippen molar-refractivity contribution in [1.29, 1.82) is 0 Å². The second kappa shape index (κ2) is 9.90. The number of allylic oxidation sites excluding steroid dienone is 1. The third-order valence-electron chi connectivity index (χ3n) is 6.25. The Hall–Kier alpha value is -1.86. The summed E-state index contributed by atoms with van der Waals surface area (Å²) in [6.45, 7) is 6.15. The van der Waals surface area contributed by atoms with Crippen molar-refractivity contribution in [3.8, 4) is 11.1 Å². The highest BCUT2D eigenvalue weighted by Crippen LogP contribution is 2.38. The standard InChI is InChI=1S/C26H34O/c1-4-21-13-15-22(16-14-21)24-17-18-26(23-10-6-5-7-11-23)25(19-24)12-8-9-20(2)27-3/h4-7,10-11,17-22H,1,8-9,12-16H2,2-3H3. The molecule has 0 N–H and O–H groups in total. The number of rotatable bonds is 8. The number of aryl methyl sites for hydroxylation is 1. The van der Waals surface area contributed by atoms with Gasteiger partial charge in [-0.1, -0.05) is 54.6 Å². The number of methoxy groups -OCH3 is 1. The van der Waals surface area contributed by atoms with Gasteiger partial charge in [0.15, 0.2) is 0 Å². The van der Waals surface area contributed by atoms with E-state index < -0.39 is 0 Å². The molecule has 1 saturated carbocycles. The maximum absolute atomic E-state index is 5.43. The van der Waals surface area contributed by atoms with Gasteiger partial charge in [0.25, 0.3) is 0 Å². The van der Waals surface area contributed by atoms with Gasteiger partial charge in [0.05, 0.1) is 6.10 Å². The van der Waals surface area contributed by atoms with Gasteiger partial charge in [-0.15, -0.1) is 6.58 Å². The Morgan fingerprint density at radius 3 is 2.48 bits per heavy atom. The fraction of sp³-hybridized carbons (Fsp3) is 0.462. The Morgan fingerprint density at radius 2 is 1.81 bits per heavy atom. The molecule has 2 aromatic rings. The van der Waals surface area contributed by atoms with E-state index >= 15 is 0 Å². The lowest BCUT2D eigenvalue weighted by Gasteiger charge is -2.27. The van der Waals surface area contributed by atoms with Gasteiger partial charge in [-0.3, -0.25) is 0 Å². The Bertz CT molecular complexity index is 710. The Morgan fingerprint density at radius 1 is 1.07 bits per heavy atom. The molecule has 0 aliphatic heterocycles. The summed E-state index contributed by atoms with van der Waals surface area (Å²) in [6, 6.07) is 18.1. The van der Waals surface area contributed by atoms with Gasteiger partial charge in [0, 0.05) is 7.11 Å². The molecule has 1 nitrogen and oxygen atoms in total. The van der Waals surface area contributed by atoms with Crippen LogP contribution in [0.15, 0.2) is 61.2 Å². The summed E-state index contributed by atoms with van der Waals surface area (Å²) in [5.74, 6) is 1.43. The maximum Gasteiger partial charge on any atom is 0.0543 e. The van der Waals surface area contributed by atoms with Crippen LogP contribution in [0.1, 0.15) is 62.5 Å². The molecule has 3 rings (SSSR count). The zero-order chi connectivity index (χ0) is 19.1. The number of benzene rings is 2. The van der Waals surface area contributed by atoms with Gasteiger partial charge in [0.2, 0.25) is 0 Å². The Kier molecular flexibility index (Phi) is 7.29. The quantitative estimate of drug-likeness (QED) is 0.452. The lowest BCUT2D eigenvalue weighted by molar-refractivity contribution is 0.109. The predicted molar refractivity (Wildman–Crippen MR) is 116 cm³/mol. The van der Waals surface area contributed by atoms with Gasteiger partial charge in [-0.25, -0.2) is 0 Å². The largest absolute Gasteiger partial charge is 0.382 e. The van der Waals surface area contributed by atoms with Crippen LogP contribution in [0.4, 0.5) is 0 Å². The molecule has 27 heavy (non-hydrogen) atoms. The van der Waals surface area contributed by atoms with E-state index in [1.807, 2.05) is 0 Å². The molecule has 0 aromatic heterocycles. The van der Waals surface area contributed by atoms with Crippen LogP contribution in [-0.4, -0.2) is 13.2 Å². The van der Waals surface area contributed by atoms with E-state index in [9.17, 15) is 0 Å². The molecule has 0 heterocycles. The number of ether oxygens (including phenoxy) is 1. The highest BCUT2D eigenvalue weighted by atomic mass is 16.5. The zero-order valence-electron chi connectivity index (χ0n) is 17.0. The molecule has 1 fully saturated rings. The molecule has 1 aliphatic carbocycles. The summed E-state index contributed by atoms with van der Waals surface area (Å²) in [6.07, 6.45) is 11.0. The fourth-order valence-electron chi connectivity index (χ4n) is 4.36. The van der Waals surface area contributed by atoms with Crippen molar-refractivity contribution in [2.75, 3.05) is 7.11 Å². The highest BCUT2D eigenvalue weighted by molar-refractivity contribution is 5.68. The van der Waals surface area contributed by atoms with Crippen LogP contribution in [0.3, 0.4) is 0 Å². The van der Waals surface area contributed by atoms with E-state index in [0.29, 0.717) is 12.0 Å². The lowest BCUT2D eigenvalue weighted by atomic mass is 9.78. The SMILES string of the molecule is C=CC1CCC(c2ccc(-c3ccccc3)c(CCCC(C)OC)c2)CC1. The summed E-state index contributed by atoms with van der Waals surface area (Å²) in [5.41, 5.74) is 5.75. The normalized spacial score (nSPS) is 21.0. The molecule has 1 aliphatic rings. The fourth-order valence-corrected chi connectivity index (χ4v) is 4.36. The molecule has 144 valence electrons. The Labute approximate surface area is 165 Å². The molecule has 0 saturated heterocycles. The van der Waals surface area contributed by atoms with Crippen molar-refractivity contribution < 1.29 is 4.74 Å². The van der Waals surface area contributed by atoms with Crippen molar-refractivity contribution >= 4 is 0 Å². The molecule has 0 amide bonds. The zero-order valence-corrected chi connectivity index (χ0v) is 17.0. The van der Waals surface area contributed by atoms with E-state index in [2.05, 4.69) is 68.1 Å². The maximum atomic E-state index is 5.43. The Balaban J connectivity index is 1.80. The summed E-state index contributed by atoms with van der Waals surface area (Å²) in [7, 11) is 1.81. The van der Waals surface area contributed by atoms with E-state index in [1.54, 1.807) is 7.11 Å². The van der Waals surface area contributed by atoms with Crippen molar-refractivity contribution in [2.45, 2.75) is 63.9 Å². The molecule has 2 aromatic carbocycles. The van der Waals surface area contributed by atoms with Crippen LogP contribution in [0.25, 0.3) is 11.1 Å². The van der Waals surface area contributed by atoms with Crippen molar-refractivity contribution in [3.63, 3.8) is 0 Å². The minimum atomic E-state index is 0.336. The topological polar surface area (TPSA) is 9.23 Å². The highest BCUT2D eigenvalue weighted by Gasteiger charge is 2.21. The molecule has 1 unspecified atom stereocenters. The molecular weight excluding hydrogens is 328 g/mol. The summed E-state index contributed by atoms with van der Waals surface area (Å²) in [4.78, 5) is 0. The molecule has 0 bridgehead atoms. The van der Waals surface area contributed by atoms with Gasteiger partial charge in [-0.05, 0) is 86.0 Å². The van der Waals surface area contributed by atoms with Crippen LogP contribution in [-0.2, 0) is 11.2 Å². The average molecular weight is 363 g/mol. The van der Waals surface area contributed by atoms with Gasteiger partial charge in [0.1, 0.15) is 0 Å². The van der Waals surface area contributed by atoms with E-state index in [-0.39, 0.29) is 0 Å². The number of hydrogen-bond acceptors (Lipinski definition) is 1. The van der Waals surface area contributed by atoms with Crippen LogP contribution in [0, 0.1) is 5.92 Å². The minimum Gasteiger partial charge on any atom is -0.382 e. The van der Waals surface area contributed by atoms with Crippen molar-refractivity contribution in [1.82, 2.24) is 0 Å². The monoisotopic (exact) mass is 362 g/mol. The lowest BCUT2D eigenvalue weighted by Crippen LogP contribution is -2.12. The van der Waals surface area contributed by atoms with Gasteiger partial charge >= 0.3 is 0 Å². The third-order valence-corrected chi connectivity index (χ3v) is 6.25. The predicted octanol–water partition coefficient (Wildman–Crippen LogP) is 7.17. The summed E-state index contributed by atoms with van der Waals surface area (Å²) in [5, 5.41) is 0. The van der Waals surface area contributed by atoms with E-state index in [4.69, 9.17) is 4.74 Å². The first-order valence-electron chi connectivity index (χ1n) is 10.5. The molecule has 1 atom stereocenters. The van der Waals surface area contributed by atoms with Crippen LogP contribution in [0.5, 0.6) is 0 Å². The van der Waals surface area contributed by atoms with Gasteiger partial charge < -0.3 is 4.74 Å². The second-order valence-electron chi connectivity index (χ2n) is 8.07. The molecule has 0 spiro atoms. The summed E-state index contributed by atoms with van der Waals surface area (Å²) < 4.78 is 5.43. The van der Waals surface area contributed by atoms with Crippen LogP contribution < -0.4 is 0 Å². The van der Waals surface area contributed by atoms with E-state index in [1.165, 1.54) is 54.4 Å². The molecular formula is C26H34O.